The molecule has 1 saturated heterocycles. The molecule has 0 radical (unpaired) electrons. The molecule has 2 aliphatic heterocycles. The van der Waals surface area contributed by atoms with Crippen LogP contribution in [0.2, 0.25) is 0 Å². The second-order valence-electron chi connectivity index (χ2n) is 6.80. The molecule has 1 fully saturated rings. The van der Waals surface area contributed by atoms with E-state index in [2.05, 4.69) is 10.2 Å². The third kappa shape index (κ3) is 2.87. The highest BCUT2D eigenvalue weighted by Gasteiger charge is 2.35. The van der Waals surface area contributed by atoms with Gasteiger partial charge in [0.25, 0.3) is 11.8 Å². The lowest BCUT2D eigenvalue weighted by atomic mass is 10.1. The smallest absolute Gasteiger partial charge is 0.267 e. The molecule has 1 aromatic heterocycles. The van der Waals surface area contributed by atoms with Crippen molar-refractivity contribution >= 4 is 27.9 Å². The van der Waals surface area contributed by atoms with E-state index in [9.17, 15) is 18.0 Å². The maximum atomic E-state index is 12.4. The van der Waals surface area contributed by atoms with Gasteiger partial charge in [-0.2, -0.15) is 15.2 Å². The summed E-state index contributed by atoms with van der Waals surface area (Å²) in [7, 11) is -3.03. The van der Waals surface area contributed by atoms with Gasteiger partial charge in [0, 0.05) is 11.3 Å². The number of hydrogen-bond acceptors (Lipinski definition) is 6. The molecule has 3 heterocycles. The van der Waals surface area contributed by atoms with E-state index in [1.165, 1.54) is 6.21 Å². The van der Waals surface area contributed by atoms with E-state index in [0.717, 1.165) is 10.7 Å². The lowest BCUT2D eigenvalue weighted by molar-refractivity contribution is 0.0660. The average molecular weight is 386 g/mol. The first-order valence-corrected chi connectivity index (χ1v) is 10.4. The number of hydrazone groups is 1. The lowest BCUT2D eigenvalue weighted by Crippen LogP contribution is -2.24. The summed E-state index contributed by atoms with van der Waals surface area (Å²) >= 11 is 0. The summed E-state index contributed by atoms with van der Waals surface area (Å²) in [6, 6.07) is 6.40. The van der Waals surface area contributed by atoms with E-state index >= 15 is 0 Å². The predicted molar refractivity (Wildman–Crippen MR) is 98.5 cm³/mol. The molecule has 0 bridgehead atoms. The van der Waals surface area contributed by atoms with E-state index in [1.54, 1.807) is 35.9 Å². The summed E-state index contributed by atoms with van der Waals surface area (Å²) in [6.07, 6.45) is 1.97. The number of rotatable bonds is 3. The number of aryl methyl sites for hydroxylation is 1. The highest BCUT2D eigenvalue weighted by atomic mass is 32.2. The van der Waals surface area contributed by atoms with Crippen LogP contribution in [0.15, 0.2) is 29.4 Å². The Kier molecular flexibility index (Phi) is 3.99. The van der Waals surface area contributed by atoms with Gasteiger partial charge in [0.1, 0.15) is 0 Å². The maximum Gasteiger partial charge on any atom is 0.282 e. The van der Waals surface area contributed by atoms with Crippen LogP contribution >= 0.6 is 0 Å². The quantitative estimate of drug-likeness (QED) is 0.587. The first kappa shape index (κ1) is 17.6. The van der Waals surface area contributed by atoms with E-state index in [0.29, 0.717) is 28.8 Å². The number of benzene rings is 1. The van der Waals surface area contributed by atoms with Gasteiger partial charge < -0.3 is 0 Å². The number of nitrogens with zero attached hydrogens (tertiary/aromatic N) is 4. The standard InChI is InChI=1S/C18H18N4O4S/c1-11-16(12(2)21(20-11)13-7-8-27(25,26)10-13)9-19-22-17(23)14-5-3-4-6-15(14)18(22)24/h3-6,9,13H,7-8,10H2,1-2H3/t13-/m1/s1. The molecule has 0 aliphatic carbocycles. The van der Waals surface area contributed by atoms with Crippen molar-refractivity contribution in [1.82, 2.24) is 14.8 Å². The Morgan fingerprint density at radius 3 is 2.33 bits per heavy atom. The van der Waals surface area contributed by atoms with Crippen LogP contribution in [0.5, 0.6) is 0 Å². The highest BCUT2D eigenvalue weighted by molar-refractivity contribution is 7.91. The molecule has 2 amide bonds. The monoisotopic (exact) mass is 386 g/mol. The van der Waals surface area contributed by atoms with Gasteiger partial charge in [-0.05, 0) is 32.4 Å². The summed E-state index contributed by atoms with van der Waals surface area (Å²) in [5.74, 6) is -0.689. The van der Waals surface area contributed by atoms with Crippen molar-refractivity contribution in [3.8, 4) is 0 Å². The second-order valence-corrected chi connectivity index (χ2v) is 9.03. The van der Waals surface area contributed by atoms with Gasteiger partial charge in [-0.25, -0.2) is 8.42 Å². The first-order valence-electron chi connectivity index (χ1n) is 8.56. The molecule has 0 spiro atoms. The Hall–Kier alpha value is -2.81. The number of fused-ring (bicyclic) bond motifs is 1. The van der Waals surface area contributed by atoms with E-state index in [-0.39, 0.29) is 17.5 Å². The molecule has 0 saturated carbocycles. The van der Waals surface area contributed by atoms with E-state index in [1.807, 2.05) is 6.92 Å². The second kappa shape index (κ2) is 6.12. The number of carbonyl (C=O) groups is 2. The summed E-state index contributed by atoms with van der Waals surface area (Å²) in [5, 5.41) is 9.40. The molecule has 27 heavy (non-hydrogen) atoms. The van der Waals surface area contributed by atoms with Gasteiger partial charge in [-0.1, -0.05) is 12.1 Å². The third-order valence-corrected chi connectivity index (χ3v) is 6.76. The minimum absolute atomic E-state index is 0.0734. The van der Waals surface area contributed by atoms with E-state index < -0.39 is 21.7 Å². The molecule has 1 atom stereocenters. The zero-order chi connectivity index (χ0) is 19.3. The fourth-order valence-corrected chi connectivity index (χ4v) is 5.28. The number of sulfone groups is 1. The van der Waals surface area contributed by atoms with Crippen molar-refractivity contribution in [2.24, 2.45) is 5.10 Å². The molecular weight excluding hydrogens is 368 g/mol. The summed E-state index contributed by atoms with van der Waals surface area (Å²) in [5.41, 5.74) is 2.77. The number of amides is 2. The number of aromatic nitrogens is 2. The molecule has 4 rings (SSSR count). The molecule has 8 nitrogen and oxygen atoms in total. The van der Waals surface area contributed by atoms with Crippen LogP contribution in [0.3, 0.4) is 0 Å². The van der Waals surface area contributed by atoms with Crippen LogP contribution in [0.4, 0.5) is 0 Å². The lowest BCUT2D eigenvalue weighted by Gasteiger charge is -2.11. The van der Waals surface area contributed by atoms with E-state index in [4.69, 9.17) is 0 Å². The number of hydrogen-bond donors (Lipinski definition) is 0. The summed E-state index contributed by atoms with van der Waals surface area (Å²) in [6.45, 7) is 3.62. The minimum atomic E-state index is -3.03. The molecule has 2 aliphatic rings. The van der Waals surface area contributed by atoms with Crippen molar-refractivity contribution < 1.29 is 18.0 Å². The molecule has 140 valence electrons. The summed E-state index contributed by atoms with van der Waals surface area (Å²) in [4.78, 5) is 24.8. The predicted octanol–water partition coefficient (Wildman–Crippen LogP) is 1.49. The molecule has 9 heteroatoms. The van der Waals surface area contributed by atoms with Crippen molar-refractivity contribution in [3.63, 3.8) is 0 Å². The SMILES string of the molecule is Cc1nn([C@@H]2CCS(=O)(=O)C2)c(C)c1C=NN1C(=O)c2ccccc2C1=O. The Morgan fingerprint density at radius 2 is 1.78 bits per heavy atom. The van der Waals surface area contributed by atoms with Crippen molar-refractivity contribution in [2.75, 3.05) is 11.5 Å². The average Bonchev–Trinajstić information content (AvgIpc) is 3.21. The Morgan fingerprint density at radius 1 is 1.15 bits per heavy atom. The van der Waals surface area contributed by atoms with Crippen LogP contribution in [-0.2, 0) is 9.84 Å². The van der Waals surface area contributed by atoms with Crippen LogP contribution in [-0.4, -0.2) is 52.7 Å². The van der Waals surface area contributed by atoms with Crippen molar-refractivity contribution in [2.45, 2.75) is 26.3 Å². The van der Waals surface area contributed by atoms with Crippen molar-refractivity contribution in [3.05, 3.63) is 52.3 Å². The topological polar surface area (TPSA) is 102 Å². The zero-order valence-electron chi connectivity index (χ0n) is 14.9. The number of carbonyl (C=O) groups excluding carboxylic acids is 2. The van der Waals surface area contributed by atoms with Gasteiger partial charge >= 0.3 is 0 Å². The molecule has 0 N–H and O–H groups in total. The van der Waals surface area contributed by atoms with Crippen LogP contribution < -0.4 is 0 Å². The third-order valence-electron chi connectivity index (χ3n) is 5.01. The Labute approximate surface area is 156 Å². The molecule has 2 aromatic rings. The minimum Gasteiger partial charge on any atom is -0.267 e. The van der Waals surface area contributed by atoms with Crippen LogP contribution in [0.25, 0.3) is 0 Å². The zero-order valence-corrected chi connectivity index (χ0v) is 15.7. The van der Waals surface area contributed by atoms with Gasteiger partial charge in [-0.15, -0.1) is 0 Å². The molecule has 1 aromatic carbocycles. The van der Waals surface area contributed by atoms with Crippen molar-refractivity contribution in [1.29, 1.82) is 0 Å². The van der Waals surface area contributed by atoms with Crippen LogP contribution in [0, 0.1) is 13.8 Å². The Bertz CT molecular complexity index is 1070. The van der Waals surface area contributed by atoms with Gasteiger partial charge in [0.2, 0.25) is 0 Å². The van der Waals surface area contributed by atoms with Gasteiger partial charge in [0.05, 0.1) is 40.6 Å². The van der Waals surface area contributed by atoms with Gasteiger partial charge in [-0.3, -0.25) is 14.3 Å². The summed E-state index contributed by atoms with van der Waals surface area (Å²) < 4.78 is 25.2. The fourth-order valence-electron chi connectivity index (χ4n) is 3.58. The normalized spacial score (nSPS) is 21.4. The maximum absolute atomic E-state index is 12.4. The first-order chi connectivity index (χ1) is 12.8. The Balaban J connectivity index is 1.63. The molecular formula is C18H18N4O4S. The number of imide groups is 1. The van der Waals surface area contributed by atoms with Crippen LogP contribution in [0.1, 0.15) is 50.1 Å². The highest BCUT2D eigenvalue weighted by Crippen LogP contribution is 2.27. The van der Waals surface area contributed by atoms with Gasteiger partial charge in [0.15, 0.2) is 9.84 Å². The fraction of sp³-hybridized carbons (Fsp3) is 0.333. The molecule has 0 unspecified atom stereocenters. The largest absolute Gasteiger partial charge is 0.282 e.